The maximum atomic E-state index is 12.2. The van der Waals surface area contributed by atoms with Crippen molar-refractivity contribution in [3.63, 3.8) is 0 Å². The Bertz CT molecular complexity index is 912. The van der Waals surface area contributed by atoms with Crippen LogP contribution in [0.2, 0.25) is 0 Å². The van der Waals surface area contributed by atoms with Crippen LogP contribution in [0.25, 0.3) is 0 Å². The molecule has 28 heavy (non-hydrogen) atoms. The molecule has 0 bridgehead atoms. The van der Waals surface area contributed by atoms with E-state index in [4.69, 9.17) is 4.74 Å². The van der Waals surface area contributed by atoms with E-state index in [0.29, 0.717) is 28.8 Å². The molecule has 150 valence electrons. The molecule has 0 aliphatic heterocycles. The summed E-state index contributed by atoms with van der Waals surface area (Å²) in [6, 6.07) is 8.37. The molecule has 2 aromatic rings. The van der Waals surface area contributed by atoms with Gasteiger partial charge in [-0.25, -0.2) is 23.1 Å². The maximum absolute atomic E-state index is 12.2. The number of ether oxygens (including phenoxy) is 1. The van der Waals surface area contributed by atoms with Gasteiger partial charge in [-0.05, 0) is 36.4 Å². The van der Waals surface area contributed by atoms with Gasteiger partial charge in [0, 0.05) is 19.3 Å². The smallest absolute Gasteiger partial charge is 0.240 e. The van der Waals surface area contributed by atoms with Gasteiger partial charge in [0.2, 0.25) is 16.0 Å². The molecular formula is C18H23N5O3S2. The summed E-state index contributed by atoms with van der Waals surface area (Å²) >= 11 is 1.52. The minimum absolute atomic E-state index is 0.158. The highest BCUT2D eigenvalue weighted by Gasteiger charge is 2.13. The first-order chi connectivity index (χ1) is 13.5. The maximum Gasteiger partial charge on any atom is 0.240 e. The van der Waals surface area contributed by atoms with Crippen LogP contribution in [0.5, 0.6) is 0 Å². The number of anilines is 2. The molecule has 2 N–H and O–H groups in total. The second-order valence-corrected chi connectivity index (χ2v) is 8.62. The van der Waals surface area contributed by atoms with Gasteiger partial charge in [0.05, 0.1) is 17.7 Å². The molecule has 0 unspecified atom stereocenters. The zero-order valence-electron chi connectivity index (χ0n) is 15.8. The van der Waals surface area contributed by atoms with E-state index in [0.717, 1.165) is 18.6 Å². The number of unbranched alkanes of at least 4 members (excludes halogenated alkanes) is 1. The molecule has 0 saturated heterocycles. The lowest BCUT2D eigenvalue weighted by Gasteiger charge is -2.09. The first-order valence-corrected chi connectivity index (χ1v) is 11.2. The number of rotatable bonds is 11. The Kier molecular flexibility index (Phi) is 8.66. The summed E-state index contributed by atoms with van der Waals surface area (Å²) < 4.78 is 31.6. The molecule has 10 heteroatoms. The number of sulfonamides is 1. The van der Waals surface area contributed by atoms with Crippen LogP contribution in [0, 0.1) is 11.3 Å². The van der Waals surface area contributed by atoms with Crippen molar-refractivity contribution in [1.82, 2.24) is 14.7 Å². The molecule has 0 amide bonds. The van der Waals surface area contributed by atoms with Crippen molar-refractivity contribution >= 4 is 33.4 Å². The van der Waals surface area contributed by atoms with Crippen molar-refractivity contribution < 1.29 is 13.2 Å². The molecule has 1 aromatic heterocycles. The Labute approximate surface area is 169 Å². The van der Waals surface area contributed by atoms with E-state index in [1.165, 1.54) is 37.2 Å². The number of thioether (sulfide) groups is 1. The minimum atomic E-state index is -3.58. The monoisotopic (exact) mass is 421 g/mol. The Morgan fingerprint density at radius 3 is 2.68 bits per heavy atom. The second kappa shape index (κ2) is 11.0. The Balaban J connectivity index is 2.09. The average molecular weight is 422 g/mol. The van der Waals surface area contributed by atoms with Gasteiger partial charge in [0.15, 0.2) is 0 Å². The van der Waals surface area contributed by atoms with Crippen LogP contribution in [0.15, 0.2) is 40.4 Å². The molecule has 0 spiro atoms. The van der Waals surface area contributed by atoms with Crippen molar-refractivity contribution in [2.75, 3.05) is 31.3 Å². The number of aromatic nitrogens is 2. The van der Waals surface area contributed by atoms with E-state index >= 15 is 0 Å². The molecule has 2 rings (SSSR count). The van der Waals surface area contributed by atoms with Crippen molar-refractivity contribution in [1.29, 1.82) is 5.26 Å². The third-order valence-electron chi connectivity index (χ3n) is 3.63. The number of nitriles is 1. The Hall–Kier alpha value is -2.19. The SMILES string of the molecule is CCCCSc1nc(Nc2ccc(S(=O)(=O)NCCOC)cc2)ncc1C#N. The lowest BCUT2D eigenvalue weighted by Crippen LogP contribution is -2.27. The summed E-state index contributed by atoms with van der Waals surface area (Å²) in [4.78, 5) is 8.72. The lowest BCUT2D eigenvalue weighted by atomic mass is 10.3. The van der Waals surface area contributed by atoms with Crippen LogP contribution in [-0.4, -0.2) is 44.4 Å². The van der Waals surface area contributed by atoms with Gasteiger partial charge in [0.25, 0.3) is 0 Å². The van der Waals surface area contributed by atoms with Gasteiger partial charge < -0.3 is 10.1 Å². The predicted molar refractivity (Wildman–Crippen MR) is 109 cm³/mol. The number of nitrogens with one attached hydrogen (secondary N) is 2. The van der Waals surface area contributed by atoms with Crippen LogP contribution in [0.3, 0.4) is 0 Å². The summed E-state index contributed by atoms with van der Waals surface area (Å²) in [5.41, 5.74) is 1.08. The molecule has 0 saturated carbocycles. The summed E-state index contributed by atoms with van der Waals surface area (Å²) in [6.45, 7) is 2.61. The molecule has 0 aliphatic rings. The predicted octanol–water partition coefficient (Wildman–Crippen LogP) is 2.91. The lowest BCUT2D eigenvalue weighted by molar-refractivity contribution is 0.204. The Morgan fingerprint density at radius 2 is 2.04 bits per heavy atom. The summed E-state index contributed by atoms with van der Waals surface area (Å²) in [6.07, 6.45) is 3.60. The van der Waals surface area contributed by atoms with Gasteiger partial charge in [-0.3, -0.25) is 0 Å². The molecule has 1 heterocycles. The molecule has 1 aromatic carbocycles. The Morgan fingerprint density at radius 1 is 1.29 bits per heavy atom. The van der Waals surface area contributed by atoms with Gasteiger partial charge >= 0.3 is 0 Å². The quantitative estimate of drug-likeness (QED) is 0.323. The van der Waals surface area contributed by atoms with Crippen LogP contribution in [-0.2, 0) is 14.8 Å². The highest BCUT2D eigenvalue weighted by Crippen LogP contribution is 2.23. The molecule has 0 fully saturated rings. The first kappa shape index (κ1) is 22.1. The fourth-order valence-corrected chi connectivity index (χ4v) is 4.18. The van der Waals surface area contributed by atoms with E-state index in [9.17, 15) is 13.7 Å². The zero-order chi connectivity index (χ0) is 20.4. The third kappa shape index (κ3) is 6.45. The minimum Gasteiger partial charge on any atom is -0.383 e. The van der Waals surface area contributed by atoms with Crippen LogP contribution < -0.4 is 10.0 Å². The average Bonchev–Trinajstić information content (AvgIpc) is 2.69. The first-order valence-electron chi connectivity index (χ1n) is 8.75. The second-order valence-electron chi connectivity index (χ2n) is 5.77. The largest absolute Gasteiger partial charge is 0.383 e. The number of methoxy groups -OCH3 is 1. The normalized spacial score (nSPS) is 11.2. The van der Waals surface area contributed by atoms with Gasteiger partial charge in [-0.2, -0.15) is 5.26 Å². The van der Waals surface area contributed by atoms with Crippen LogP contribution in [0.1, 0.15) is 25.3 Å². The van der Waals surface area contributed by atoms with Crippen LogP contribution >= 0.6 is 11.8 Å². The summed E-state index contributed by atoms with van der Waals surface area (Å²) in [5, 5.41) is 12.9. The number of nitrogens with zero attached hydrogens (tertiary/aromatic N) is 3. The van der Waals surface area contributed by atoms with E-state index in [1.807, 2.05) is 0 Å². The highest BCUT2D eigenvalue weighted by atomic mass is 32.2. The summed E-state index contributed by atoms with van der Waals surface area (Å²) in [5.74, 6) is 1.23. The number of hydrogen-bond acceptors (Lipinski definition) is 8. The van der Waals surface area contributed by atoms with Crippen molar-refractivity contribution in [2.24, 2.45) is 0 Å². The standard InChI is InChI=1S/C18H23N5O3S2/c1-3-4-11-27-17-14(12-19)13-20-18(23-17)22-15-5-7-16(8-6-15)28(24,25)21-9-10-26-2/h5-8,13,21H,3-4,9-11H2,1-2H3,(H,20,22,23). The fraction of sp³-hybridized carbons (Fsp3) is 0.389. The van der Waals surface area contributed by atoms with Gasteiger partial charge in [0.1, 0.15) is 16.7 Å². The van der Waals surface area contributed by atoms with Crippen molar-refractivity contribution in [2.45, 2.75) is 29.7 Å². The van der Waals surface area contributed by atoms with E-state index in [2.05, 4.69) is 33.0 Å². The number of hydrogen-bond donors (Lipinski definition) is 2. The van der Waals surface area contributed by atoms with Crippen LogP contribution in [0.4, 0.5) is 11.6 Å². The molecular weight excluding hydrogens is 398 g/mol. The zero-order valence-corrected chi connectivity index (χ0v) is 17.4. The van der Waals surface area contributed by atoms with Crippen molar-refractivity contribution in [3.05, 3.63) is 36.0 Å². The van der Waals surface area contributed by atoms with Gasteiger partial charge in [-0.1, -0.05) is 13.3 Å². The highest BCUT2D eigenvalue weighted by molar-refractivity contribution is 7.99. The third-order valence-corrected chi connectivity index (χ3v) is 6.18. The molecule has 0 atom stereocenters. The van der Waals surface area contributed by atoms with E-state index in [1.54, 1.807) is 12.1 Å². The van der Waals surface area contributed by atoms with E-state index < -0.39 is 10.0 Å². The molecule has 0 radical (unpaired) electrons. The summed E-state index contributed by atoms with van der Waals surface area (Å²) in [7, 11) is -2.07. The van der Waals surface area contributed by atoms with E-state index in [-0.39, 0.29) is 11.4 Å². The molecule has 8 nitrogen and oxygen atoms in total. The number of benzene rings is 1. The van der Waals surface area contributed by atoms with Gasteiger partial charge in [-0.15, -0.1) is 11.8 Å². The topological polar surface area (TPSA) is 117 Å². The molecule has 0 aliphatic carbocycles. The fourth-order valence-electron chi connectivity index (χ4n) is 2.13. The van der Waals surface area contributed by atoms with Crippen molar-refractivity contribution in [3.8, 4) is 6.07 Å².